The maximum Gasteiger partial charge on any atom is 0.333 e. The number of benzene rings is 1. The lowest BCUT2D eigenvalue weighted by Gasteiger charge is -2.69. The van der Waals surface area contributed by atoms with Gasteiger partial charge in [0.1, 0.15) is 5.60 Å². The second-order valence-electron chi connectivity index (χ2n) is 12.2. The minimum Gasteiger partial charge on any atom is -0.453 e. The number of aliphatic hydroxyl groups is 2. The van der Waals surface area contributed by atoms with Crippen molar-refractivity contribution < 1.29 is 34.0 Å². The van der Waals surface area contributed by atoms with Crippen molar-refractivity contribution in [1.82, 2.24) is 0 Å². The van der Waals surface area contributed by atoms with E-state index >= 15 is 0 Å². The average Bonchev–Trinajstić information content (AvgIpc) is 3.21. The molecule has 0 bridgehead atoms. The fourth-order valence-electron chi connectivity index (χ4n) is 8.26. The third-order valence-corrected chi connectivity index (χ3v) is 10.1. The molecule has 7 nitrogen and oxygen atoms in total. The highest BCUT2D eigenvalue weighted by Crippen LogP contribution is 2.69. The summed E-state index contributed by atoms with van der Waals surface area (Å²) >= 11 is 0. The van der Waals surface area contributed by atoms with E-state index in [4.69, 9.17) is 14.2 Å². The van der Waals surface area contributed by atoms with Gasteiger partial charge in [0.05, 0.1) is 6.10 Å². The van der Waals surface area contributed by atoms with Gasteiger partial charge in [0.25, 0.3) is 0 Å². The van der Waals surface area contributed by atoms with E-state index in [9.17, 15) is 19.8 Å². The monoisotopic (exact) mass is 510 g/mol. The van der Waals surface area contributed by atoms with Gasteiger partial charge in [0.15, 0.2) is 6.10 Å². The first-order valence-electron chi connectivity index (χ1n) is 13.2. The first-order valence-corrected chi connectivity index (χ1v) is 13.2. The lowest BCUT2D eigenvalue weighted by Crippen LogP contribution is -2.77. The molecule has 0 saturated heterocycles. The number of carbonyl (C=O) groups is 2. The average molecular weight is 511 g/mol. The van der Waals surface area contributed by atoms with Gasteiger partial charge in [-0.1, -0.05) is 64.4 Å². The molecule has 0 amide bonds. The summed E-state index contributed by atoms with van der Waals surface area (Å²) < 4.78 is 17.6. The molecule has 0 unspecified atom stereocenters. The smallest absolute Gasteiger partial charge is 0.333 e. The quantitative estimate of drug-likeness (QED) is 0.466. The highest BCUT2D eigenvalue weighted by molar-refractivity contribution is 5.87. The molecule has 7 heteroatoms. The van der Waals surface area contributed by atoms with Crippen LogP contribution in [0.15, 0.2) is 48.1 Å². The van der Waals surface area contributed by atoms with Crippen LogP contribution in [-0.4, -0.2) is 52.9 Å². The van der Waals surface area contributed by atoms with Crippen molar-refractivity contribution in [1.29, 1.82) is 0 Å². The molecular weight excluding hydrogens is 472 g/mol. The Morgan fingerprint density at radius 2 is 1.86 bits per heavy atom. The summed E-state index contributed by atoms with van der Waals surface area (Å²) in [5.74, 6) is -3.16. The van der Waals surface area contributed by atoms with Gasteiger partial charge in [-0.3, -0.25) is 0 Å². The summed E-state index contributed by atoms with van der Waals surface area (Å²) in [4.78, 5) is 25.5. The first kappa shape index (κ1) is 26.1. The Labute approximate surface area is 218 Å². The van der Waals surface area contributed by atoms with Gasteiger partial charge in [-0.25, -0.2) is 9.59 Å². The van der Waals surface area contributed by atoms with Crippen molar-refractivity contribution in [2.24, 2.45) is 28.6 Å². The van der Waals surface area contributed by atoms with Crippen LogP contribution in [0, 0.1) is 28.6 Å². The van der Waals surface area contributed by atoms with Crippen LogP contribution < -0.4 is 0 Å². The number of hydrogen-bond acceptors (Lipinski definition) is 7. The van der Waals surface area contributed by atoms with Crippen molar-refractivity contribution >= 4 is 18.0 Å². The number of methoxy groups -OCH3 is 1. The second kappa shape index (κ2) is 8.79. The van der Waals surface area contributed by atoms with E-state index in [2.05, 4.69) is 0 Å². The standard InChI is InChI=1S/C30H38O7/c1-18-20-16-23(32)37-29(20,35-5)17-21-24(18)25(33)26(30(34)27(2,3)14-9-15-28(21,30)4)36-22(31)13-12-19-10-7-6-8-11-19/h6-8,10-13,16,18,21,24-26,33-34H,9,14-15,17H2,1-5H3/t18-,21+,24+,25+,26+,28+,29-,30+/m0/s1. The SMILES string of the molecule is CO[C@]12C[C@@H]3[C@H]([C@@H](O)[C@@H](OC(=O)C=Cc4ccccc4)[C@@]4(O)C(C)(C)CCC[C@]34C)[C@@H](C)C1=CC(=O)O2. The predicted molar refractivity (Wildman–Crippen MR) is 137 cm³/mol. The van der Waals surface area contributed by atoms with Crippen LogP contribution in [0.5, 0.6) is 0 Å². The molecule has 1 heterocycles. The maximum absolute atomic E-state index is 13.1. The van der Waals surface area contributed by atoms with Crippen LogP contribution in [0.3, 0.4) is 0 Å². The molecule has 3 aliphatic carbocycles. The Morgan fingerprint density at radius 3 is 2.54 bits per heavy atom. The van der Waals surface area contributed by atoms with E-state index in [1.54, 1.807) is 6.08 Å². The molecule has 5 rings (SSSR count). The van der Waals surface area contributed by atoms with Crippen molar-refractivity contribution in [2.75, 3.05) is 7.11 Å². The topological polar surface area (TPSA) is 102 Å². The lowest BCUT2D eigenvalue weighted by molar-refractivity contribution is -0.332. The molecule has 8 atom stereocenters. The second-order valence-corrected chi connectivity index (χ2v) is 12.2. The third-order valence-electron chi connectivity index (χ3n) is 10.1. The predicted octanol–water partition coefficient (Wildman–Crippen LogP) is 4.03. The number of esters is 2. The van der Waals surface area contributed by atoms with E-state index in [0.717, 1.165) is 18.4 Å². The van der Waals surface area contributed by atoms with Crippen LogP contribution >= 0.6 is 0 Å². The molecule has 1 aliphatic heterocycles. The summed E-state index contributed by atoms with van der Waals surface area (Å²) in [5, 5.41) is 24.6. The van der Waals surface area contributed by atoms with Gasteiger partial charge in [-0.05, 0) is 47.6 Å². The zero-order valence-electron chi connectivity index (χ0n) is 22.3. The van der Waals surface area contributed by atoms with Gasteiger partial charge in [0.2, 0.25) is 5.79 Å². The van der Waals surface area contributed by atoms with Crippen LogP contribution in [0.2, 0.25) is 0 Å². The van der Waals surface area contributed by atoms with E-state index in [0.29, 0.717) is 18.4 Å². The van der Waals surface area contributed by atoms with E-state index in [1.165, 1.54) is 19.3 Å². The third kappa shape index (κ3) is 3.65. The van der Waals surface area contributed by atoms with Gasteiger partial charge < -0.3 is 24.4 Å². The summed E-state index contributed by atoms with van der Waals surface area (Å²) in [5.41, 5.74) is -1.36. The maximum atomic E-state index is 13.1. The Hall–Kier alpha value is -2.48. The number of aliphatic hydroxyl groups excluding tert-OH is 1. The Bertz CT molecular complexity index is 1140. The van der Waals surface area contributed by atoms with Crippen LogP contribution in [0.25, 0.3) is 6.08 Å². The molecule has 0 spiro atoms. The van der Waals surface area contributed by atoms with Gasteiger partial charge >= 0.3 is 11.9 Å². The number of hydrogen-bond donors (Lipinski definition) is 2. The van der Waals surface area contributed by atoms with Crippen molar-refractivity contribution in [2.45, 2.75) is 77.0 Å². The fourth-order valence-corrected chi connectivity index (χ4v) is 8.26. The van der Waals surface area contributed by atoms with E-state index in [-0.39, 0.29) is 17.8 Å². The molecule has 4 aliphatic rings. The molecule has 3 saturated carbocycles. The number of rotatable bonds is 4. The zero-order valence-corrected chi connectivity index (χ0v) is 22.3. The molecule has 3 fully saturated rings. The lowest BCUT2D eigenvalue weighted by atomic mass is 9.39. The number of ether oxygens (including phenoxy) is 3. The largest absolute Gasteiger partial charge is 0.453 e. The fraction of sp³-hybridized carbons (Fsp3) is 0.600. The summed E-state index contributed by atoms with van der Waals surface area (Å²) in [6.45, 7) is 7.96. The molecule has 1 aromatic carbocycles. The first-order chi connectivity index (χ1) is 17.4. The minimum atomic E-state index is -1.52. The van der Waals surface area contributed by atoms with Gasteiger partial charge in [0, 0.05) is 36.7 Å². The minimum absolute atomic E-state index is 0.236. The Kier molecular flexibility index (Phi) is 6.21. The van der Waals surface area contributed by atoms with Crippen LogP contribution in [-0.2, 0) is 23.8 Å². The Balaban J connectivity index is 1.57. The summed E-state index contributed by atoms with van der Waals surface area (Å²) in [6.07, 6.45) is 4.82. The summed E-state index contributed by atoms with van der Waals surface area (Å²) in [7, 11) is 1.53. The molecule has 0 radical (unpaired) electrons. The molecule has 2 N–H and O–H groups in total. The van der Waals surface area contributed by atoms with Gasteiger partial charge in [-0.15, -0.1) is 0 Å². The molecular formula is C30H38O7. The highest BCUT2D eigenvalue weighted by Gasteiger charge is 2.75. The molecule has 1 aromatic rings. The van der Waals surface area contributed by atoms with E-state index < -0.39 is 46.4 Å². The van der Waals surface area contributed by atoms with E-state index in [1.807, 2.05) is 58.0 Å². The molecule has 0 aromatic heterocycles. The number of carbonyl (C=O) groups excluding carboxylic acids is 2. The normalized spacial score (nSPS) is 42.3. The summed E-state index contributed by atoms with van der Waals surface area (Å²) in [6, 6.07) is 9.41. The van der Waals surface area contributed by atoms with Crippen LogP contribution in [0.1, 0.15) is 58.9 Å². The van der Waals surface area contributed by atoms with Crippen LogP contribution in [0.4, 0.5) is 0 Å². The number of fused-ring (bicyclic) bond motifs is 4. The van der Waals surface area contributed by atoms with Crippen molar-refractivity contribution in [3.63, 3.8) is 0 Å². The van der Waals surface area contributed by atoms with Crippen molar-refractivity contribution in [3.8, 4) is 0 Å². The molecule has 37 heavy (non-hydrogen) atoms. The van der Waals surface area contributed by atoms with Gasteiger partial charge in [-0.2, -0.15) is 0 Å². The zero-order chi connectivity index (χ0) is 26.8. The Morgan fingerprint density at radius 1 is 1.16 bits per heavy atom. The molecule has 200 valence electrons. The van der Waals surface area contributed by atoms with Crippen molar-refractivity contribution in [3.05, 3.63) is 53.6 Å². The highest BCUT2D eigenvalue weighted by atomic mass is 16.7.